The number of nitrogens with zero attached hydrogens (tertiary/aromatic N) is 2. The predicted octanol–water partition coefficient (Wildman–Crippen LogP) is 2.39. The van der Waals surface area contributed by atoms with Crippen molar-refractivity contribution in [2.45, 2.75) is 6.92 Å². The van der Waals surface area contributed by atoms with Gasteiger partial charge in [-0.05, 0) is 46.6 Å². The molecule has 0 aromatic heterocycles. The van der Waals surface area contributed by atoms with E-state index in [-0.39, 0.29) is 24.7 Å². The highest BCUT2D eigenvalue weighted by Gasteiger charge is 2.15. The molecule has 7 nitrogen and oxygen atoms in total. The SMILES string of the molecule is CCOC(=O)/C(C#N)=C/c1cc(Br)c(OCC(=O)N(C)C)c(OC)c1. The van der Waals surface area contributed by atoms with Gasteiger partial charge in [-0.15, -0.1) is 0 Å². The van der Waals surface area contributed by atoms with E-state index in [1.807, 2.05) is 6.07 Å². The number of esters is 1. The first-order valence-electron chi connectivity index (χ1n) is 7.33. The molecule has 0 radical (unpaired) electrons. The smallest absolute Gasteiger partial charge is 0.348 e. The van der Waals surface area contributed by atoms with Crippen molar-refractivity contribution in [3.63, 3.8) is 0 Å². The number of hydrogen-bond donors (Lipinski definition) is 0. The van der Waals surface area contributed by atoms with E-state index < -0.39 is 5.97 Å². The molecular formula is C17H19BrN2O5. The molecule has 25 heavy (non-hydrogen) atoms. The molecule has 0 aliphatic carbocycles. The van der Waals surface area contributed by atoms with Crippen LogP contribution in [0.25, 0.3) is 6.08 Å². The maximum Gasteiger partial charge on any atom is 0.348 e. The maximum atomic E-state index is 11.7. The standard InChI is InChI=1S/C17H19BrN2O5/c1-5-24-17(22)12(9-19)6-11-7-13(18)16(14(8-11)23-4)25-10-15(21)20(2)3/h6-8H,5,10H2,1-4H3/b12-6+. The average molecular weight is 411 g/mol. The lowest BCUT2D eigenvalue weighted by Crippen LogP contribution is -2.27. The number of benzene rings is 1. The normalized spacial score (nSPS) is 10.6. The van der Waals surface area contributed by atoms with Crippen LogP contribution in [0.4, 0.5) is 0 Å². The Morgan fingerprint density at radius 3 is 2.56 bits per heavy atom. The molecule has 134 valence electrons. The Balaban J connectivity index is 3.14. The Bertz CT molecular complexity index is 722. The van der Waals surface area contributed by atoms with Crippen LogP contribution in [0.1, 0.15) is 12.5 Å². The number of likely N-dealkylation sites (N-methyl/N-ethyl adjacent to an activating group) is 1. The van der Waals surface area contributed by atoms with E-state index in [1.165, 1.54) is 18.1 Å². The number of carbonyl (C=O) groups is 2. The number of halogens is 1. The monoisotopic (exact) mass is 410 g/mol. The van der Waals surface area contributed by atoms with E-state index in [0.29, 0.717) is 21.5 Å². The van der Waals surface area contributed by atoms with Crippen molar-refractivity contribution in [2.75, 3.05) is 34.4 Å². The van der Waals surface area contributed by atoms with E-state index in [0.717, 1.165) is 0 Å². The summed E-state index contributed by atoms with van der Waals surface area (Å²) in [5.41, 5.74) is 0.409. The lowest BCUT2D eigenvalue weighted by Gasteiger charge is -2.15. The van der Waals surface area contributed by atoms with E-state index in [1.54, 1.807) is 33.2 Å². The average Bonchev–Trinajstić information content (AvgIpc) is 2.57. The van der Waals surface area contributed by atoms with Crippen molar-refractivity contribution in [3.05, 3.63) is 27.7 Å². The molecule has 1 aromatic rings. The molecular weight excluding hydrogens is 392 g/mol. The van der Waals surface area contributed by atoms with Crippen molar-refractivity contribution in [3.8, 4) is 17.6 Å². The van der Waals surface area contributed by atoms with Gasteiger partial charge in [0.1, 0.15) is 11.6 Å². The number of amides is 1. The largest absolute Gasteiger partial charge is 0.493 e. The lowest BCUT2D eigenvalue weighted by atomic mass is 10.1. The van der Waals surface area contributed by atoms with Crippen molar-refractivity contribution in [2.24, 2.45) is 0 Å². The van der Waals surface area contributed by atoms with Crippen molar-refractivity contribution < 1.29 is 23.8 Å². The van der Waals surface area contributed by atoms with E-state index in [9.17, 15) is 9.59 Å². The molecule has 0 atom stereocenters. The summed E-state index contributed by atoms with van der Waals surface area (Å²) in [5.74, 6) is -0.193. The fourth-order valence-corrected chi connectivity index (χ4v) is 2.31. The number of nitriles is 1. The van der Waals surface area contributed by atoms with Crippen LogP contribution in [0.2, 0.25) is 0 Å². The van der Waals surface area contributed by atoms with E-state index in [2.05, 4.69) is 15.9 Å². The summed E-state index contributed by atoms with van der Waals surface area (Å²) >= 11 is 3.35. The third-order valence-electron chi connectivity index (χ3n) is 3.02. The van der Waals surface area contributed by atoms with E-state index in [4.69, 9.17) is 19.5 Å². The number of hydrogen-bond acceptors (Lipinski definition) is 6. The molecule has 1 amide bonds. The van der Waals surface area contributed by atoms with E-state index >= 15 is 0 Å². The maximum absolute atomic E-state index is 11.7. The lowest BCUT2D eigenvalue weighted by molar-refractivity contribution is -0.138. The zero-order chi connectivity index (χ0) is 19.0. The number of methoxy groups -OCH3 is 1. The minimum atomic E-state index is -0.697. The molecule has 0 bridgehead atoms. The molecule has 0 saturated carbocycles. The number of ether oxygens (including phenoxy) is 3. The van der Waals surface area contributed by atoms with Crippen LogP contribution in [0.3, 0.4) is 0 Å². The fraction of sp³-hybridized carbons (Fsp3) is 0.353. The van der Waals surface area contributed by atoms with Gasteiger partial charge in [0.2, 0.25) is 0 Å². The van der Waals surface area contributed by atoms with Crippen LogP contribution < -0.4 is 9.47 Å². The number of rotatable bonds is 7. The van der Waals surface area contributed by atoms with Crippen molar-refractivity contribution in [1.82, 2.24) is 4.90 Å². The van der Waals surface area contributed by atoms with Crippen LogP contribution in [0, 0.1) is 11.3 Å². The highest BCUT2D eigenvalue weighted by molar-refractivity contribution is 9.10. The Hall–Kier alpha value is -2.53. The predicted molar refractivity (Wildman–Crippen MR) is 95.1 cm³/mol. The molecule has 0 saturated heterocycles. The summed E-state index contributed by atoms with van der Waals surface area (Å²) in [6.07, 6.45) is 1.39. The zero-order valence-electron chi connectivity index (χ0n) is 14.5. The molecule has 1 rings (SSSR count). The second-order valence-electron chi connectivity index (χ2n) is 5.00. The minimum Gasteiger partial charge on any atom is -0.493 e. The van der Waals surface area contributed by atoms with Crippen molar-refractivity contribution >= 4 is 33.9 Å². The Kier molecular flexibility index (Phi) is 7.95. The summed E-state index contributed by atoms with van der Waals surface area (Å²) < 4.78 is 16.1. The molecule has 0 spiro atoms. The van der Waals surface area contributed by atoms with Gasteiger partial charge in [0.15, 0.2) is 18.1 Å². The molecule has 0 fully saturated rings. The fourth-order valence-electron chi connectivity index (χ4n) is 1.74. The Morgan fingerprint density at radius 1 is 1.36 bits per heavy atom. The molecule has 0 heterocycles. The molecule has 8 heteroatoms. The highest BCUT2D eigenvalue weighted by atomic mass is 79.9. The van der Waals surface area contributed by atoms with Crippen LogP contribution in [0.5, 0.6) is 11.5 Å². The third-order valence-corrected chi connectivity index (χ3v) is 3.61. The van der Waals surface area contributed by atoms with Crippen molar-refractivity contribution in [1.29, 1.82) is 5.26 Å². The summed E-state index contributed by atoms with van der Waals surface area (Å²) in [7, 11) is 4.71. The van der Waals surface area contributed by atoms with Gasteiger partial charge < -0.3 is 19.1 Å². The van der Waals surface area contributed by atoms with Gasteiger partial charge in [-0.1, -0.05) is 0 Å². The number of carbonyl (C=O) groups excluding carboxylic acids is 2. The van der Waals surface area contributed by atoms with Gasteiger partial charge in [0.05, 0.1) is 18.2 Å². The Morgan fingerprint density at radius 2 is 2.04 bits per heavy atom. The van der Waals surface area contributed by atoms with Gasteiger partial charge in [-0.3, -0.25) is 4.79 Å². The van der Waals surface area contributed by atoms with Gasteiger partial charge >= 0.3 is 5.97 Å². The summed E-state index contributed by atoms with van der Waals surface area (Å²) in [5, 5.41) is 9.10. The first kappa shape index (κ1) is 20.5. The van der Waals surface area contributed by atoms with Crippen LogP contribution in [0.15, 0.2) is 22.2 Å². The summed E-state index contributed by atoms with van der Waals surface area (Å²) in [6.45, 7) is 1.69. The second-order valence-corrected chi connectivity index (χ2v) is 5.86. The molecule has 1 aromatic carbocycles. The molecule has 0 aliphatic heterocycles. The van der Waals surface area contributed by atoms with Crippen LogP contribution >= 0.6 is 15.9 Å². The molecule has 0 N–H and O–H groups in total. The quantitative estimate of drug-likeness (QED) is 0.389. The summed E-state index contributed by atoms with van der Waals surface area (Å²) in [6, 6.07) is 5.05. The third kappa shape index (κ3) is 5.80. The summed E-state index contributed by atoms with van der Waals surface area (Å²) in [4.78, 5) is 24.8. The van der Waals surface area contributed by atoms with Gasteiger partial charge in [-0.2, -0.15) is 5.26 Å². The van der Waals surface area contributed by atoms with Crippen LogP contribution in [-0.4, -0.2) is 51.2 Å². The second kappa shape index (κ2) is 9.69. The molecule has 0 unspecified atom stereocenters. The van der Waals surface area contributed by atoms with Gasteiger partial charge in [-0.25, -0.2) is 4.79 Å². The van der Waals surface area contributed by atoms with Gasteiger partial charge in [0, 0.05) is 14.1 Å². The first-order chi connectivity index (χ1) is 11.8. The Labute approximate surface area is 154 Å². The first-order valence-corrected chi connectivity index (χ1v) is 8.12. The minimum absolute atomic E-state index is 0.132. The topological polar surface area (TPSA) is 88.9 Å². The highest BCUT2D eigenvalue weighted by Crippen LogP contribution is 2.37. The van der Waals surface area contributed by atoms with Gasteiger partial charge in [0.25, 0.3) is 5.91 Å². The zero-order valence-corrected chi connectivity index (χ0v) is 16.0. The van der Waals surface area contributed by atoms with Crippen LogP contribution in [-0.2, 0) is 14.3 Å². The molecule has 0 aliphatic rings.